The lowest BCUT2D eigenvalue weighted by atomic mass is 9.83. The van der Waals surface area contributed by atoms with Gasteiger partial charge in [0.2, 0.25) is 5.88 Å². The van der Waals surface area contributed by atoms with Crippen LogP contribution in [-0.2, 0) is 0 Å². The molecule has 0 radical (unpaired) electrons. The molecule has 2 fully saturated rings. The van der Waals surface area contributed by atoms with Crippen LogP contribution >= 0.6 is 0 Å². The van der Waals surface area contributed by atoms with Crippen LogP contribution in [-0.4, -0.2) is 64.0 Å². The Morgan fingerprint density at radius 1 is 1.24 bits per heavy atom. The van der Waals surface area contributed by atoms with Gasteiger partial charge in [0.15, 0.2) is 11.5 Å². The summed E-state index contributed by atoms with van der Waals surface area (Å²) in [6.07, 6.45) is 3.14. The van der Waals surface area contributed by atoms with Crippen LogP contribution in [0.4, 0.5) is 5.82 Å². The number of rotatable bonds is 5. The number of likely N-dealkylation sites (tertiary alicyclic amines) is 1. The number of nitrogens with zero attached hydrogens (tertiary/aromatic N) is 6. The van der Waals surface area contributed by atoms with Gasteiger partial charge in [0, 0.05) is 32.2 Å². The second-order valence-corrected chi connectivity index (χ2v) is 7.57. The summed E-state index contributed by atoms with van der Waals surface area (Å²) < 4.78 is 5.32. The van der Waals surface area contributed by atoms with Crippen LogP contribution in [0, 0.1) is 23.2 Å². The Hall–Kier alpha value is -3.15. The van der Waals surface area contributed by atoms with Crippen LogP contribution < -0.4 is 9.64 Å². The monoisotopic (exact) mass is 395 g/mol. The predicted molar refractivity (Wildman–Crippen MR) is 105 cm³/mol. The molecule has 4 heterocycles. The van der Waals surface area contributed by atoms with E-state index in [0.29, 0.717) is 35.7 Å². The zero-order valence-corrected chi connectivity index (χ0v) is 16.5. The topological polar surface area (TPSA) is 111 Å². The number of aromatic nitrogens is 4. The van der Waals surface area contributed by atoms with Crippen molar-refractivity contribution in [3.05, 3.63) is 29.6 Å². The number of nitriles is 1. The molecule has 9 heteroatoms. The molecule has 0 saturated carbocycles. The van der Waals surface area contributed by atoms with Crippen molar-refractivity contribution in [3.8, 4) is 11.9 Å². The number of anilines is 1. The normalized spacial score (nSPS) is 19.9. The summed E-state index contributed by atoms with van der Waals surface area (Å²) in [6, 6.07) is 7.26. The van der Waals surface area contributed by atoms with Crippen molar-refractivity contribution in [3.63, 3.8) is 0 Å². The van der Waals surface area contributed by atoms with Gasteiger partial charge in [0.1, 0.15) is 11.8 Å². The molecule has 2 aromatic heterocycles. The number of hydrogen-bond acceptors (Lipinski definition) is 7. The van der Waals surface area contributed by atoms with Crippen molar-refractivity contribution >= 4 is 11.7 Å². The lowest BCUT2D eigenvalue weighted by Gasteiger charge is -2.34. The molecule has 1 atom stereocenters. The minimum atomic E-state index is -0.0113. The van der Waals surface area contributed by atoms with E-state index < -0.39 is 0 Å². The Bertz CT molecular complexity index is 881. The van der Waals surface area contributed by atoms with Crippen LogP contribution in [0.5, 0.6) is 5.88 Å². The van der Waals surface area contributed by atoms with Crippen LogP contribution in [0.3, 0.4) is 0 Å². The van der Waals surface area contributed by atoms with Crippen molar-refractivity contribution < 1.29 is 9.53 Å². The van der Waals surface area contributed by atoms with Gasteiger partial charge in [0.25, 0.3) is 5.91 Å². The zero-order chi connectivity index (χ0) is 20.2. The second kappa shape index (κ2) is 8.47. The number of H-pyrrole nitrogens is 1. The Kier molecular flexibility index (Phi) is 5.60. The largest absolute Gasteiger partial charge is 0.477 e. The minimum absolute atomic E-state index is 0.0113. The van der Waals surface area contributed by atoms with Gasteiger partial charge in [-0.15, -0.1) is 15.3 Å². The highest BCUT2D eigenvalue weighted by molar-refractivity contribution is 5.92. The number of hydrogen-bond donors (Lipinski definition) is 1. The average Bonchev–Trinajstić information content (AvgIpc) is 3.44. The van der Waals surface area contributed by atoms with E-state index in [0.717, 1.165) is 51.3 Å². The van der Waals surface area contributed by atoms with E-state index in [9.17, 15) is 4.79 Å². The summed E-state index contributed by atoms with van der Waals surface area (Å²) in [6.45, 7) is 5.85. The molecule has 0 spiro atoms. The van der Waals surface area contributed by atoms with Crippen molar-refractivity contribution in [1.29, 1.82) is 5.26 Å². The Morgan fingerprint density at radius 3 is 2.72 bits per heavy atom. The molecule has 4 rings (SSSR count). The van der Waals surface area contributed by atoms with Gasteiger partial charge in [-0.05, 0) is 50.2 Å². The van der Waals surface area contributed by atoms with Crippen molar-refractivity contribution in [2.24, 2.45) is 11.8 Å². The zero-order valence-electron chi connectivity index (χ0n) is 16.5. The van der Waals surface area contributed by atoms with Crippen LogP contribution in [0.1, 0.15) is 42.4 Å². The number of amides is 1. The Labute approximate surface area is 169 Å². The van der Waals surface area contributed by atoms with E-state index in [1.54, 1.807) is 12.1 Å². The first kappa shape index (κ1) is 19.2. The third-order valence-electron chi connectivity index (χ3n) is 5.88. The fourth-order valence-corrected chi connectivity index (χ4v) is 4.31. The Balaban J connectivity index is 1.29. The molecule has 1 N–H and O–H groups in total. The highest BCUT2D eigenvalue weighted by Crippen LogP contribution is 2.33. The lowest BCUT2D eigenvalue weighted by molar-refractivity contribution is 0.0657. The molecule has 0 aromatic carbocycles. The summed E-state index contributed by atoms with van der Waals surface area (Å²) in [4.78, 5) is 16.8. The van der Waals surface area contributed by atoms with Gasteiger partial charge in [-0.2, -0.15) is 5.26 Å². The van der Waals surface area contributed by atoms with Crippen molar-refractivity contribution in [2.45, 2.75) is 26.2 Å². The van der Waals surface area contributed by atoms with Crippen LogP contribution in [0.2, 0.25) is 0 Å². The molecule has 2 aliphatic rings. The number of nitrogens with one attached hydrogen (secondary N) is 1. The van der Waals surface area contributed by atoms with E-state index in [-0.39, 0.29) is 5.91 Å². The first-order valence-electron chi connectivity index (χ1n) is 10.1. The quantitative estimate of drug-likeness (QED) is 0.822. The molecule has 9 nitrogen and oxygen atoms in total. The molecule has 1 amide bonds. The second-order valence-electron chi connectivity index (χ2n) is 7.57. The van der Waals surface area contributed by atoms with E-state index in [1.807, 2.05) is 24.0 Å². The Morgan fingerprint density at radius 2 is 2.03 bits per heavy atom. The van der Waals surface area contributed by atoms with Gasteiger partial charge < -0.3 is 14.5 Å². The molecule has 0 bridgehead atoms. The van der Waals surface area contributed by atoms with E-state index in [1.165, 1.54) is 0 Å². The first-order chi connectivity index (χ1) is 14.2. The maximum Gasteiger partial charge on any atom is 0.272 e. The highest BCUT2D eigenvalue weighted by atomic mass is 16.5. The molecule has 2 saturated heterocycles. The maximum atomic E-state index is 12.7. The van der Waals surface area contributed by atoms with E-state index >= 15 is 0 Å². The van der Waals surface area contributed by atoms with Crippen LogP contribution in [0.25, 0.3) is 0 Å². The van der Waals surface area contributed by atoms with Crippen molar-refractivity contribution in [1.82, 2.24) is 25.3 Å². The lowest BCUT2D eigenvalue weighted by Crippen LogP contribution is -2.40. The number of piperidine rings is 1. The van der Waals surface area contributed by atoms with Gasteiger partial charge >= 0.3 is 0 Å². The predicted octanol–water partition coefficient (Wildman–Crippen LogP) is 1.85. The summed E-state index contributed by atoms with van der Waals surface area (Å²) in [5, 5.41) is 23.8. The smallest absolute Gasteiger partial charge is 0.272 e. The summed E-state index contributed by atoms with van der Waals surface area (Å²) in [5.41, 5.74) is 0.825. The molecule has 0 aliphatic carbocycles. The summed E-state index contributed by atoms with van der Waals surface area (Å²) >= 11 is 0. The number of carbonyl (C=O) groups is 1. The molecule has 2 aromatic rings. The van der Waals surface area contributed by atoms with Gasteiger partial charge in [-0.25, -0.2) is 0 Å². The SMILES string of the molecule is CCOc1cc(C(=O)N2CCC(C3CCN(c4ccc(C#N)nn4)C3)CC2)[nH]n1. The van der Waals surface area contributed by atoms with Crippen molar-refractivity contribution in [2.75, 3.05) is 37.7 Å². The molecular formula is C20H25N7O2. The van der Waals surface area contributed by atoms with E-state index in [2.05, 4.69) is 25.3 Å². The minimum Gasteiger partial charge on any atom is -0.477 e. The van der Waals surface area contributed by atoms with E-state index in [4.69, 9.17) is 10.00 Å². The molecule has 152 valence electrons. The number of aromatic amines is 1. The summed E-state index contributed by atoms with van der Waals surface area (Å²) in [5.74, 6) is 2.49. The third kappa shape index (κ3) is 4.16. The summed E-state index contributed by atoms with van der Waals surface area (Å²) in [7, 11) is 0. The first-order valence-corrected chi connectivity index (χ1v) is 10.1. The fraction of sp³-hybridized carbons (Fsp3) is 0.550. The molecule has 29 heavy (non-hydrogen) atoms. The number of carbonyl (C=O) groups excluding carboxylic acids is 1. The molecule has 2 aliphatic heterocycles. The third-order valence-corrected chi connectivity index (χ3v) is 5.88. The van der Waals surface area contributed by atoms with Gasteiger partial charge in [-0.1, -0.05) is 0 Å². The molecule has 1 unspecified atom stereocenters. The highest BCUT2D eigenvalue weighted by Gasteiger charge is 2.34. The molecular weight excluding hydrogens is 370 g/mol. The maximum absolute atomic E-state index is 12.7. The fourth-order valence-electron chi connectivity index (χ4n) is 4.31. The van der Waals surface area contributed by atoms with Gasteiger partial charge in [0.05, 0.1) is 6.61 Å². The average molecular weight is 395 g/mol. The van der Waals surface area contributed by atoms with Gasteiger partial charge in [-0.3, -0.25) is 9.89 Å². The van der Waals surface area contributed by atoms with Crippen LogP contribution in [0.15, 0.2) is 18.2 Å². The standard InChI is InChI=1S/C20H25N7O2/c1-2-29-19-11-17(23-25-19)20(28)26-8-5-14(6-9-26)15-7-10-27(13-15)18-4-3-16(12-21)22-24-18/h3-4,11,14-15H,2,5-10,13H2,1H3,(H,23,25). The number of ether oxygens (including phenoxy) is 1.